The summed E-state index contributed by atoms with van der Waals surface area (Å²) in [7, 11) is 0. The highest BCUT2D eigenvalue weighted by atomic mass is 16.5. The molecule has 1 unspecified atom stereocenters. The highest BCUT2D eigenvalue weighted by Gasteiger charge is 2.28. The first-order chi connectivity index (χ1) is 11.1. The molecule has 122 valence electrons. The molecule has 3 rings (SSSR count). The maximum Gasteiger partial charge on any atom is 0.259 e. The molecule has 2 aromatic rings. The number of carbonyl (C=O) groups excluding carboxylic acids is 1. The van der Waals surface area contributed by atoms with Crippen molar-refractivity contribution < 1.29 is 14.1 Å². The van der Waals surface area contributed by atoms with Crippen LogP contribution in [-0.2, 0) is 11.2 Å². The van der Waals surface area contributed by atoms with E-state index in [0.717, 1.165) is 12.8 Å². The fraction of sp³-hybridized carbons (Fsp3) is 0.444. The monoisotopic (exact) mass is 314 g/mol. The summed E-state index contributed by atoms with van der Waals surface area (Å²) in [4.78, 5) is 14.5. The van der Waals surface area contributed by atoms with Gasteiger partial charge in [0, 0.05) is 13.1 Å². The molecular formula is C18H22N2O3. The molecule has 0 radical (unpaired) electrons. The Hall–Kier alpha value is -2.14. The molecule has 0 bridgehead atoms. The van der Waals surface area contributed by atoms with E-state index >= 15 is 0 Å². The van der Waals surface area contributed by atoms with Gasteiger partial charge in [-0.05, 0) is 32.3 Å². The van der Waals surface area contributed by atoms with Crippen LogP contribution in [0.25, 0.3) is 0 Å². The third-order valence-corrected chi connectivity index (χ3v) is 4.27. The molecule has 1 atom stereocenters. The third kappa shape index (κ3) is 3.62. The number of rotatable bonds is 4. The van der Waals surface area contributed by atoms with Crippen molar-refractivity contribution in [2.45, 2.75) is 32.8 Å². The van der Waals surface area contributed by atoms with Crippen LogP contribution in [0.2, 0.25) is 0 Å². The van der Waals surface area contributed by atoms with Gasteiger partial charge in [0.2, 0.25) is 0 Å². The molecule has 1 amide bonds. The van der Waals surface area contributed by atoms with Crippen molar-refractivity contribution in [1.29, 1.82) is 0 Å². The quantitative estimate of drug-likeness (QED) is 0.871. The minimum atomic E-state index is -0.00531. The Balaban J connectivity index is 1.61. The molecule has 2 heterocycles. The summed E-state index contributed by atoms with van der Waals surface area (Å²) in [6, 6.07) is 10.4. The lowest BCUT2D eigenvalue weighted by Crippen LogP contribution is -2.46. The molecule has 0 N–H and O–H groups in total. The van der Waals surface area contributed by atoms with Crippen molar-refractivity contribution in [3.63, 3.8) is 0 Å². The summed E-state index contributed by atoms with van der Waals surface area (Å²) < 4.78 is 10.9. The zero-order chi connectivity index (χ0) is 16.2. The molecule has 23 heavy (non-hydrogen) atoms. The fourth-order valence-electron chi connectivity index (χ4n) is 3.00. The van der Waals surface area contributed by atoms with E-state index in [0.29, 0.717) is 36.7 Å². The Morgan fingerprint density at radius 3 is 2.78 bits per heavy atom. The normalized spacial score (nSPS) is 18.2. The number of carbonyl (C=O) groups is 1. The number of aryl methyl sites for hydroxylation is 3. The lowest BCUT2D eigenvalue weighted by Gasteiger charge is -2.33. The SMILES string of the molecule is Cc1noc(C)c1C(=O)N1CCOC(CCc2ccccc2)C1. The summed E-state index contributed by atoms with van der Waals surface area (Å²) in [6.07, 6.45) is 1.95. The number of ether oxygens (including phenoxy) is 1. The van der Waals surface area contributed by atoms with Crippen LogP contribution in [-0.4, -0.2) is 41.8 Å². The summed E-state index contributed by atoms with van der Waals surface area (Å²) in [5.74, 6) is 0.578. The van der Waals surface area contributed by atoms with E-state index < -0.39 is 0 Å². The number of aromatic nitrogens is 1. The van der Waals surface area contributed by atoms with Crippen LogP contribution in [0.5, 0.6) is 0 Å². The lowest BCUT2D eigenvalue weighted by atomic mass is 10.1. The second kappa shape index (κ2) is 6.96. The van der Waals surface area contributed by atoms with Crippen molar-refractivity contribution in [3.05, 3.63) is 52.9 Å². The Labute approximate surface area is 136 Å². The average Bonchev–Trinajstić information content (AvgIpc) is 2.92. The molecule has 1 fully saturated rings. The second-order valence-electron chi connectivity index (χ2n) is 5.97. The number of amides is 1. The van der Waals surface area contributed by atoms with Crippen LogP contribution in [0.4, 0.5) is 0 Å². The van der Waals surface area contributed by atoms with Gasteiger partial charge in [0.15, 0.2) is 0 Å². The molecular weight excluding hydrogens is 292 g/mol. The van der Waals surface area contributed by atoms with Crippen molar-refractivity contribution in [2.24, 2.45) is 0 Å². The highest BCUT2D eigenvalue weighted by Crippen LogP contribution is 2.19. The van der Waals surface area contributed by atoms with Gasteiger partial charge in [0.05, 0.1) is 18.4 Å². The highest BCUT2D eigenvalue weighted by molar-refractivity contribution is 5.96. The van der Waals surface area contributed by atoms with Gasteiger partial charge in [0.1, 0.15) is 11.3 Å². The Bertz CT molecular complexity index is 647. The van der Waals surface area contributed by atoms with Crippen molar-refractivity contribution in [1.82, 2.24) is 10.1 Å². The molecule has 1 aromatic heterocycles. The first-order valence-corrected chi connectivity index (χ1v) is 8.03. The second-order valence-corrected chi connectivity index (χ2v) is 5.97. The number of morpholine rings is 1. The van der Waals surface area contributed by atoms with Gasteiger partial charge < -0.3 is 14.2 Å². The number of hydrogen-bond acceptors (Lipinski definition) is 4. The van der Waals surface area contributed by atoms with E-state index in [4.69, 9.17) is 9.26 Å². The van der Waals surface area contributed by atoms with Gasteiger partial charge in [-0.15, -0.1) is 0 Å². The van der Waals surface area contributed by atoms with Gasteiger partial charge in [0.25, 0.3) is 5.91 Å². The molecule has 1 aliphatic heterocycles. The minimum Gasteiger partial charge on any atom is -0.375 e. The predicted octanol–water partition coefficient (Wildman–Crippen LogP) is 2.77. The van der Waals surface area contributed by atoms with E-state index in [-0.39, 0.29) is 12.0 Å². The number of nitrogens with zero attached hydrogens (tertiary/aromatic N) is 2. The average molecular weight is 314 g/mol. The van der Waals surface area contributed by atoms with Crippen LogP contribution in [0, 0.1) is 13.8 Å². The van der Waals surface area contributed by atoms with Gasteiger partial charge >= 0.3 is 0 Å². The van der Waals surface area contributed by atoms with E-state index in [1.807, 2.05) is 23.1 Å². The molecule has 0 aliphatic carbocycles. The van der Waals surface area contributed by atoms with E-state index in [1.165, 1.54) is 5.56 Å². The molecule has 5 heteroatoms. The van der Waals surface area contributed by atoms with Gasteiger partial charge in [-0.2, -0.15) is 0 Å². The standard InChI is InChI=1S/C18H22N2O3/c1-13-17(14(2)23-19-13)18(21)20-10-11-22-16(12-20)9-8-15-6-4-3-5-7-15/h3-7,16H,8-12H2,1-2H3. The molecule has 1 saturated heterocycles. The molecule has 1 aliphatic rings. The van der Waals surface area contributed by atoms with Crippen molar-refractivity contribution in [3.8, 4) is 0 Å². The number of hydrogen-bond donors (Lipinski definition) is 0. The van der Waals surface area contributed by atoms with Crippen LogP contribution in [0.3, 0.4) is 0 Å². The largest absolute Gasteiger partial charge is 0.375 e. The minimum absolute atomic E-state index is 0.00531. The Kier molecular flexibility index (Phi) is 4.76. The Morgan fingerprint density at radius 1 is 1.30 bits per heavy atom. The van der Waals surface area contributed by atoms with Crippen molar-refractivity contribution >= 4 is 5.91 Å². The van der Waals surface area contributed by atoms with Gasteiger partial charge in [-0.3, -0.25) is 4.79 Å². The van der Waals surface area contributed by atoms with Crippen LogP contribution < -0.4 is 0 Å². The maximum absolute atomic E-state index is 12.7. The summed E-state index contributed by atoms with van der Waals surface area (Å²) >= 11 is 0. The molecule has 5 nitrogen and oxygen atoms in total. The number of benzene rings is 1. The Morgan fingerprint density at radius 2 is 2.09 bits per heavy atom. The van der Waals surface area contributed by atoms with E-state index in [2.05, 4.69) is 17.3 Å². The zero-order valence-electron chi connectivity index (χ0n) is 13.6. The van der Waals surface area contributed by atoms with Crippen LogP contribution >= 0.6 is 0 Å². The first-order valence-electron chi connectivity index (χ1n) is 8.03. The zero-order valence-corrected chi connectivity index (χ0v) is 13.6. The fourth-order valence-corrected chi connectivity index (χ4v) is 3.00. The summed E-state index contributed by atoms with van der Waals surface area (Å²) in [6.45, 7) is 5.40. The van der Waals surface area contributed by atoms with Gasteiger partial charge in [-0.25, -0.2) is 0 Å². The van der Waals surface area contributed by atoms with E-state index in [1.54, 1.807) is 13.8 Å². The van der Waals surface area contributed by atoms with Crippen molar-refractivity contribution in [2.75, 3.05) is 19.7 Å². The molecule has 1 aromatic carbocycles. The smallest absolute Gasteiger partial charge is 0.259 e. The lowest BCUT2D eigenvalue weighted by molar-refractivity contribution is -0.0246. The van der Waals surface area contributed by atoms with Crippen LogP contribution in [0.1, 0.15) is 33.8 Å². The van der Waals surface area contributed by atoms with E-state index in [9.17, 15) is 4.79 Å². The molecule has 0 saturated carbocycles. The maximum atomic E-state index is 12.7. The van der Waals surface area contributed by atoms with Crippen LogP contribution in [0.15, 0.2) is 34.9 Å². The molecule has 0 spiro atoms. The topological polar surface area (TPSA) is 55.6 Å². The van der Waals surface area contributed by atoms with Gasteiger partial charge in [-0.1, -0.05) is 35.5 Å². The summed E-state index contributed by atoms with van der Waals surface area (Å²) in [5.41, 5.74) is 2.54. The summed E-state index contributed by atoms with van der Waals surface area (Å²) in [5, 5.41) is 3.87. The first kappa shape index (κ1) is 15.7. The predicted molar refractivity (Wildman–Crippen MR) is 86.4 cm³/mol. The third-order valence-electron chi connectivity index (χ3n) is 4.27.